The molecule has 0 saturated carbocycles. The Morgan fingerprint density at radius 3 is 2.46 bits per heavy atom. The Bertz CT molecular complexity index is 759. The number of anilines is 1. The number of nitrogens with one attached hydrogen (secondary N) is 1. The molecule has 0 saturated heterocycles. The van der Waals surface area contributed by atoms with Gasteiger partial charge in [0.25, 0.3) is 5.91 Å². The highest BCUT2D eigenvalue weighted by Gasteiger charge is 2.14. The summed E-state index contributed by atoms with van der Waals surface area (Å²) < 4.78 is 0.982. The van der Waals surface area contributed by atoms with E-state index in [2.05, 4.69) is 21.2 Å². The van der Waals surface area contributed by atoms with Crippen LogP contribution in [-0.4, -0.2) is 25.4 Å². The van der Waals surface area contributed by atoms with Gasteiger partial charge in [-0.15, -0.1) is 0 Å². The van der Waals surface area contributed by atoms with E-state index in [9.17, 15) is 9.59 Å². The van der Waals surface area contributed by atoms with Gasteiger partial charge in [0.1, 0.15) is 0 Å². The summed E-state index contributed by atoms with van der Waals surface area (Å²) in [4.78, 5) is 26.1. The first kappa shape index (κ1) is 18.2. The number of hydrogen-bond acceptors (Lipinski definition) is 2. The maximum atomic E-state index is 12.3. The summed E-state index contributed by atoms with van der Waals surface area (Å²) in [5.74, 6) is -0.186. The second-order valence-electron chi connectivity index (χ2n) is 5.70. The maximum Gasteiger partial charge on any atom is 0.251 e. The first-order valence-electron chi connectivity index (χ1n) is 7.76. The quantitative estimate of drug-likeness (QED) is 0.845. The van der Waals surface area contributed by atoms with Crippen LogP contribution in [0.4, 0.5) is 5.69 Å². The molecule has 5 heteroatoms. The molecule has 0 radical (unpaired) electrons. The molecule has 0 spiro atoms. The molecule has 4 nitrogen and oxygen atoms in total. The van der Waals surface area contributed by atoms with E-state index >= 15 is 0 Å². The van der Waals surface area contributed by atoms with Crippen molar-refractivity contribution in [3.8, 4) is 0 Å². The normalized spacial score (nSPS) is 10.3. The molecule has 0 bridgehead atoms. The molecule has 126 valence electrons. The Morgan fingerprint density at radius 1 is 1.08 bits per heavy atom. The van der Waals surface area contributed by atoms with Gasteiger partial charge in [0.15, 0.2) is 0 Å². The van der Waals surface area contributed by atoms with Gasteiger partial charge in [0.2, 0.25) is 5.91 Å². The van der Waals surface area contributed by atoms with Gasteiger partial charge in [-0.1, -0.05) is 34.1 Å². The highest BCUT2D eigenvalue weighted by molar-refractivity contribution is 9.10. The second kappa shape index (κ2) is 8.11. The number of carbonyl (C=O) groups excluding carboxylic acids is 2. The van der Waals surface area contributed by atoms with Gasteiger partial charge in [-0.05, 0) is 49.2 Å². The number of amides is 2. The van der Waals surface area contributed by atoms with E-state index in [1.807, 2.05) is 50.2 Å². The average Bonchev–Trinajstić information content (AvgIpc) is 2.54. The summed E-state index contributed by atoms with van der Waals surface area (Å²) in [7, 11) is 1.75. The van der Waals surface area contributed by atoms with Crippen molar-refractivity contribution in [1.29, 1.82) is 0 Å². The molecule has 0 unspecified atom stereocenters. The SMILES string of the molecule is Cc1ccccc1C(=O)NCCC(=O)N(C)c1ccc(Br)cc1C. The lowest BCUT2D eigenvalue weighted by Gasteiger charge is -2.20. The van der Waals surface area contributed by atoms with Crippen molar-refractivity contribution in [3.05, 3.63) is 63.6 Å². The summed E-state index contributed by atoms with van der Waals surface area (Å²) >= 11 is 3.42. The smallest absolute Gasteiger partial charge is 0.251 e. The number of aryl methyl sites for hydroxylation is 2. The maximum absolute atomic E-state index is 12.3. The van der Waals surface area contributed by atoms with Crippen LogP contribution in [0.15, 0.2) is 46.9 Å². The number of halogens is 1. The fourth-order valence-electron chi connectivity index (χ4n) is 2.50. The van der Waals surface area contributed by atoms with Crippen LogP contribution in [0.25, 0.3) is 0 Å². The Kier molecular flexibility index (Phi) is 6.15. The third kappa shape index (κ3) is 4.45. The van der Waals surface area contributed by atoms with E-state index < -0.39 is 0 Å². The molecule has 0 heterocycles. The van der Waals surface area contributed by atoms with Crippen LogP contribution >= 0.6 is 15.9 Å². The lowest BCUT2D eigenvalue weighted by molar-refractivity contribution is -0.118. The Labute approximate surface area is 151 Å². The molecule has 2 aromatic carbocycles. The van der Waals surface area contributed by atoms with Gasteiger partial charge in [-0.3, -0.25) is 9.59 Å². The molecule has 1 N–H and O–H groups in total. The monoisotopic (exact) mass is 388 g/mol. The van der Waals surface area contributed by atoms with Crippen molar-refractivity contribution in [3.63, 3.8) is 0 Å². The third-order valence-corrected chi connectivity index (χ3v) is 4.40. The topological polar surface area (TPSA) is 49.4 Å². The summed E-state index contributed by atoms with van der Waals surface area (Å²) in [6.45, 7) is 4.17. The van der Waals surface area contributed by atoms with Gasteiger partial charge >= 0.3 is 0 Å². The molecule has 0 aliphatic carbocycles. The van der Waals surface area contributed by atoms with Crippen LogP contribution in [0.1, 0.15) is 27.9 Å². The van der Waals surface area contributed by atoms with Crippen molar-refractivity contribution < 1.29 is 9.59 Å². The van der Waals surface area contributed by atoms with Crippen LogP contribution in [0.5, 0.6) is 0 Å². The molecule has 0 aliphatic heterocycles. The van der Waals surface area contributed by atoms with Gasteiger partial charge in [0.05, 0.1) is 0 Å². The van der Waals surface area contributed by atoms with Crippen molar-refractivity contribution in [1.82, 2.24) is 5.32 Å². The van der Waals surface area contributed by atoms with E-state index in [1.165, 1.54) is 0 Å². The number of hydrogen-bond donors (Lipinski definition) is 1. The molecule has 0 aromatic heterocycles. The summed E-state index contributed by atoms with van der Waals surface area (Å²) in [6.07, 6.45) is 0.254. The Morgan fingerprint density at radius 2 is 1.79 bits per heavy atom. The minimum absolute atomic E-state index is 0.0366. The molecule has 2 aromatic rings. The fourth-order valence-corrected chi connectivity index (χ4v) is 2.98. The van der Waals surface area contributed by atoms with Crippen molar-refractivity contribution in [2.45, 2.75) is 20.3 Å². The first-order valence-corrected chi connectivity index (χ1v) is 8.56. The minimum atomic E-state index is -0.150. The van der Waals surface area contributed by atoms with Crippen LogP contribution in [0, 0.1) is 13.8 Å². The molecular formula is C19H21BrN2O2. The van der Waals surface area contributed by atoms with Crippen molar-refractivity contribution in [2.75, 3.05) is 18.5 Å². The zero-order chi connectivity index (χ0) is 17.7. The van der Waals surface area contributed by atoms with E-state index in [0.29, 0.717) is 12.1 Å². The molecule has 0 aliphatic rings. The average molecular weight is 389 g/mol. The van der Waals surface area contributed by atoms with E-state index in [4.69, 9.17) is 0 Å². The van der Waals surface area contributed by atoms with Crippen LogP contribution in [0.2, 0.25) is 0 Å². The summed E-state index contributed by atoms with van der Waals surface area (Å²) in [5, 5.41) is 2.81. The molecule has 24 heavy (non-hydrogen) atoms. The zero-order valence-electron chi connectivity index (χ0n) is 14.1. The standard InChI is InChI=1S/C19H21BrN2O2/c1-13-6-4-5-7-16(13)19(24)21-11-10-18(23)22(3)17-9-8-15(20)12-14(17)2/h4-9,12H,10-11H2,1-3H3,(H,21,24). The van der Waals surface area contributed by atoms with Crippen LogP contribution < -0.4 is 10.2 Å². The second-order valence-corrected chi connectivity index (χ2v) is 6.62. The number of benzene rings is 2. The molecule has 0 atom stereocenters. The van der Waals surface area contributed by atoms with Crippen molar-refractivity contribution in [2.24, 2.45) is 0 Å². The number of carbonyl (C=O) groups is 2. The van der Waals surface area contributed by atoms with Crippen LogP contribution in [0.3, 0.4) is 0 Å². The predicted molar refractivity (Wildman–Crippen MR) is 100 cm³/mol. The van der Waals surface area contributed by atoms with Gasteiger partial charge in [0, 0.05) is 35.7 Å². The van der Waals surface area contributed by atoms with E-state index in [0.717, 1.165) is 21.3 Å². The van der Waals surface area contributed by atoms with E-state index in [1.54, 1.807) is 18.0 Å². The predicted octanol–water partition coefficient (Wildman–Crippen LogP) is 3.85. The summed E-state index contributed by atoms with van der Waals surface area (Å²) in [5.41, 5.74) is 3.45. The number of rotatable bonds is 5. The van der Waals surface area contributed by atoms with Crippen LogP contribution in [-0.2, 0) is 4.79 Å². The molecule has 2 amide bonds. The minimum Gasteiger partial charge on any atom is -0.352 e. The molecule has 2 rings (SSSR count). The molecular weight excluding hydrogens is 368 g/mol. The van der Waals surface area contributed by atoms with E-state index in [-0.39, 0.29) is 18.2 Å². The lowest BCUT2D eigenvalue weighted by atomic mass is 10.1. The van der Waals surface area contributed by atoms with Crippen molar-refractivity contribution >= 4 is 33.4 Å². The van der Waals surface area contributed by atoms with Gasteiger partial charge < -0.3 is 10.2 Å². The lowest BCUT2D eigenvalue weighted by Crippen LogP contribution is -2.32. The third-order valence-electron chi connectivity index (χ3n) is 3.91. The largest absolute Gasteiger partial charge is 0.352 e. The summed E-state index contributed by atoms with van der Waals surface area (Å²) in [6, 6.07) is 13.2. The van der Waals surface area contributed by atoms with Gasteiger partial charge in [-0.2, -0.15) is 0 Å². The van der Waals surface area contributed by atoms with Gasteiger partial charge in [-0.25, -0.2) is 0 Å². The zero-order valence-corrected chi connectivity index (χ0v) is 15.7. The Hall–Kier alpha value is -2.14. The fraction of sp³-hybridized carbons (Fsp3) is 0.263. The first-order chi connectivity index (χ1) is 11.4. The highest BCUT2D eigenvalue weighted by Crippen LogP contribution is 2.23. The Balaban J connectivity index is 1.91. The molecule has 0 fully saturated rings. The highest BCUT2D eigenvalue weighted by atomic mass is 79.9. The number of nitrogens with zero attached hydrogens (tertiary/aromatic N) is 1.